The number of hydrogen-bond acceptors (Lipinski definition) is 5. The second-order valence-corrected chi connectivity index (χ2v) is 12.3. The summed E-state index contributed by atoms with van der Waals surface area (Å²) in [6.07, 6.45) is -1.98. The maximum Gasteiger partial charge on any atom is 0.253 e. The molecule has 10 heteroatoms. The molecule has 0 aromatic heterocycles. The van der Waals surface area contributed by atoms with Crippen LogP contribution in [-0.4, -0.2) is 70.7 Å². The van der Waals surface area contributed by atoms with Gasteiger partial charge in [0.05, 0.1) is 18.1 Å². The Morgan fingerprint density at radius 2 is 1.48 bits per heavy atom. The van der Waals surface area contributed by atoms with Crippen molar-refractivity contribution < 1.29 is 33.4 Å². The number of hydrogen-bond donors (Lipinski definition) is 4. The molecule has 44 heavy (non-hydrogen) atoms. The van der Waals surface area contributed by atoms with Crippen LogP contribution in [0.15, 0.2) is 36.4 Å². The predicted octanol–water partition coefficient (Wildman–Crippen LogP) is 4.64. The highest BCUT2D eigenvalue weighted by Gasteiger charge is 2.39. The Morgan fingerprint density at radius 1 is 0.886 bits per heavy atom. The molecule has 2 rings (SSSR count). The highest BCUT2D eigenvalue weighted by molar-refractivity contribution is 6.00. The first kappa shape index (κ1) is 36.8. The van der Waals surface area contributed by atoms with Gasteiger partial charge in [0.15, 0.2) is 0 Å². The summed E-state index contributed by atoms with van der Waals surface area (Å²) < 4.78 is 28.2. The second kappa shape index (κ2) is 17.2. The number of aliphatic hydroxyl groups is 2. The van der Waals surface area contributed by atoms with E-state index in [1.807, 2.05) is 27.7 Å². The maximum absolute atomic E-state index is 14.1. The molecule has 0 radical (unpaired) electrons. The fraction of sp³-hybridized carbons (Fsp3) is 0.559. The quantitative estimate of drug-likeness (QED) is 0.219. The van der Waals surface area contributed by atoms with Gasteiger partial charge in [0, 0.05) is 36.8 Å². The number of aliphatic hydroxyl groups excluding tert-OH is 2. The Balaban J connectivity index is 2.46. The summed E-state index contributed by atoms with van der Waals surface area (Å²) in [6.45, 7) is 14.5. The topological polar surface area (TPSA) is 119 Å². The number of benzene rings is 2. The molecular formula is C34H49F2N3O5. The molecule has 0 aliphatic rings. The molecule has 4 atom stereocenters. The van der Waals surface area contributed by atoms with E-state index in [4.69, 9.17) is 0 Å². The van der Waals surface area contributed by atoms with Gasteiger partial charge in [-0.15, -0.1) is 0 Å². The Hall–Kier alpha value is -3.37. The molecule has 0 bridgehead atoms. The lowest BCUT2D eigenvalue weighted by Gasteiger charge is -2.34. The largest absolute Gasteiger partial charge is 0.390 e. The van der Waals surface area contributed by atoms with Crippen molar-refractivity contribution in [2.24, 2.45) is 17.8 Å². The van der Waals surface area contributed by atoms with E-state index >= 15 is 0 Å². The summed E-state index contributed by atoms with van der Waals surface area (Å²) in [4.78, 5) is 41.7. The van der Waals surface area contributed by atoms with Crippen LogP contribution in [0.25, 0.3) is 0 Å². The van der Waals surface area contributed by atoms with Crippen LogP contribution in [-0.2, 0) is 11.2 Å². The highest BCUT2D eigenvalue weighted by atomic mass is 19.1. The van der Waals surface area contributed by atoms with Crippen molar-refractivity contribution in [3.63, 3.8) is 0 Å². The van der Waals surface area contributed by atoms with E-state index in [0.717, 1.165) is 25.0 Å². The van der Waals surface area contributed by atoms with Gasteiger partial charge < -0.3 is 25.7 Å². The van der Waals surface area contributed by atoms with E-state index in [1.54, 1.807) is 37.8 Å². The van der Waals surface area contributed by atoms with Gasteiger partial charge in [-0.1, -0.05) is 47.6 Å². The standard InChI is InChI=1S/C34H49F2N3O5/c1-8-12-39(13-9-2)34(44)24-11-10-22(7)27(17-24)32(42)38-28(16-23-14-25(35)18-26(36)15-23)30(40)31(41)29(21(5)6)33(43)37-19-20(3)4/h10-11,14-15,17-18,20-21,28-31,40-41H,8-9,12-13,16,19H2,1-7H3,(H,37,43)(H,38,42)/t28-,29+,30+,31+/m0/s1. The molecular weight excluding hydrogens is 568 g/mol. The molecule has 0 unspecified atom stereocenters. The van der Waals surface area contributed by atoms with Gasteiger partial charge in [-0.25, -0.2) is 8.78 Å². The van der Waals surface area contributed by atoms with Gasteiger partial charge in [0.25, 0.3) is 11.8 Å². The summed E-state index contributed by atoms with van der Waals surface area (Å²) in [5, 5.41) is 28.2. The third kappa shape index (κ3) is 10.4. The smallest absolute Gasteiger partial charge is 0.253 e. The molecule has 2 aromatic carbocycles. The maximum atomic E-state index is 14.1. The van der Waals surface area contributed by atoms with Gasteiger partial charge in [0.2, 0.25) is 5.91 Å². The molecule has 0 fully saturated rings. The van der Waals surface area contributed by atoms with Gasteiger partial charge in [-0.05, 0) is 73.4 Å². The zero-order chi connectivity index (χ0) is 33.1. The Morgan fingerprint density at radius 3 is 2.00 bits per heavy atom. The lowest BCUT2D eigenvalue weighted by Crippen LogP contribution is -2.55. The van der Waals surface area contributed by atoms with Crippen molar-refractivity contribution >= 4 is 17.7 Å². The first-order valence-electron chi connectivity index (χ1n) is 15.5. The molecule has 0 spiro atoms. The third-order valence-electron chi connectivity index (χ3n) is 7.53. The fourth-order valence-corrected chi connectivity index (χ4v) is 5.25. The van der Waals surface area contributed by atoms with Gasteiger partial charge >= 0.3 is 0 Å². The van der Waals surface area contributed by atoms with Gasteiger partial charge in [-0.3, -0.25) is 14.4 Å². The zero-order valence-corrected chi connectivity index (χ0v) is 27.0. The van der Waals surface area contributed by atoms with Crippen LogP contribution in [0.1, 0.15) is 86.2 Å². The SMILES string of the molecule is CCCN(CCC)C(=O)c1ccc(C)c(C(=O)N[C@@H](Cc2cc(F)cc(F)c2)[C@@H](O)[C@H](O)[C@H](C(=O)NCC(C)C)C(C)C)c1. The van der Waals surface area contributed by atoms with Crippen molar-refractivity contribution in [3.05, 3.63) is 70.3 Å². The lowest BCUT2D eigenvalue weighted by atomic mass is 9.83. The van der Waals surface area contributed by atoms with E-state index in [1.165, 1.54) is 6.07 Å². The first-order valence-corrected chi connectivity index (χ1v) is 15.5. The summed E-state index contributed by atoms with van der Waals surface area (Å²) in [6, 6.07) is 6.43. The van der Waals surface area contributed by atoms with Crippen molar-refractivity contribution in [3.8, 4) is 0 Å². The van der Waals surface area contributed by atoms with E-state index in [-0.39, 0.29) is 35.3 Å². The molecule has 0 aliphatic heterocycles. The summed E-state index contributed by atoms with van der Waals surface area (Å²) in [5.41, 5.74) is 1.21. The van der Waals surface area contributed by atoms with Crippen molar-refractivity contribution in [1.82, 2.24) is 15.5 Å². The van der Waals surface area contributed by atoms with Crippen LogP contribution in [0, 0.1) is 36.3 Å². The molecule has 8 nitrogen and oxygen atoms in total. The van der Waals surface area contributed by atoms with Crippen molar-refractivity contribution in [2.75, 3.05) is 19.6 Å². The monoisotopic (exact) mass is 617 g/mol. The number of carbonyl (C=O) groups is 3. The number of nitrogens with zero attached hydrogens (tertiary/aromatic N) is 1. The average Bonchev–Trinajstić information content (AvgIpc) is 2.94. The van der Waals surface area contributed by atoms with Gasteiger partial charge in [-0.2, -0.15) is 0 Å². The van der Waals surface area contributed by atoms with Gasteiger partial charge in [0.1, 0.15) is 17.7 Å². The number of aryl methyl sites for hydroxylation is 1. The number of rotatable bonds is 16. The number of halogens is 2. The van der Waals surface area contributed by atoms with Crippen LogP contribution >= 0.6 is 0 Å². The van der Waals surface area contributed by atoms with Crippen molar-refractivity contribution in [2.45, 2.75) is 86.0 Å². The van der Waals surface area contributed by atoms with Crippen LogP contribution in [0.2, 0.25) is 0 Å². The average molecular weight is 618 g/mol. The van der Waals surface area contributed by atoms with E-state index in [0.29, 0.717) is 36.8 Å². The third-order valence-corrected chi connectivity index (χ3v) is 7.53. The Kier molecular flexibility index (Phi) is 14.4. The van der Waals surface area contributed by atoms with Crippen LogP contribution in [0.4, 0.5) is 8.78 Å². The minimum absolute atomic E-state index is 0.139. The Labute approximate surface area is 260 Å². The van der Waals surface area contributed by atoms with Crippen LogP contribution < -0.4 is 10.6 Å². The fourth-order valence-electron chi connectivity index (χ4n) is 5.25. The predicted molar refractivity (Wildman–Crippen MR) is 167 cm³/mol. The number of amides is 3. The van der Waals surface area contributed by atoms with E-state index in [2.05, 4.69) is 10.6 Å². The molecule has 0 aliphatic carbocycles. The van der Waals surface area contributed by atoms with Crippen LogP contribution in [0.3, 0.4) is 0 Å². The Bertz CT molecular complexity index is 1240. The summed E-state index contributed by atoms with van der Waals surface area (Å²) in [5.74, 6) is -4.23. The molecule has 2 aromatic rings. The zero-order valence-electron chi connectivity index (χ0n) is 27.0. The first-order chi connectivity index (χ1) is 20.7. The summed E-state index contributed by atoms with van der Waals surface area (Å²) >= 11 is 0. The van der Waals surface area contributed by atoms with E-state index in [9.17, 15) is 33.4 Å². The normalized spacial score (nSPS) is 14.2. The highest BCUT2D eigenvalue weighted by Crippen LogP contribution is 2.23. The molecule has 0 saturated carbocycles. The minimum atomic E-state index is -1.68. The molecule has 244 valence electrons. The van der Waals surface area contributed by atoms with Crippen LogP contribution in [0.5, 0.6) is 0 Å². The minimum Gasteiger partial charge on any atom is -0.390 e. The molecule has 0 heterocycles. The van der Waals surface area contributed by atoms with Crippen molar-refractivity contribution in [1.29, 1.82) is 0 Å². The van der Waals surface area contributed by atoms with E-state index < -0.39 is 47.6 Å². The molecule has 0 saturated heterocycles. The molecule has 4 N–H and O–H groups in total. The lowest BCUT2D eigenvalue weighted by molar-refractivity contribution is -0.135. The summed E-state index contributed by atoms with van der Waals surface area (Å²) in [7, 11) is 0. The molecule has 3 amide bonds. The number of nitrogens with one attached hydrogen (secondary N) is 2. The second-order valence-electron chi connectivity index (χ2n) is 12.3. The number of carbonyl (C=O) groups excluding carboxylic acids is 3.